The van der Waals surface area contributed by atoms with Crippen molar-refractivity contribution in [3.63, 3.8) is 0 Å². The van der Waals surface area contributed by atoms with Crippen molar-refractivity contribution in [3.05, 3.63) is 34.9 Å². The summed E-state index contributed by atoms with van der Waals surface area (Å²) in [5.41, 5.74) is 11.8. The van der Waals surface area contributed by atoms with E-state index in [0.717, 1.165) is 0 Å². The molecule has 2 unspecified atom stereocenters. The number of amides is 2. The van der Waals surface area contributed by atoms with Gasteiger partial charge in [0.2, 0.25) is 11.8 Å². The molecule has 0 spiro atoms. The van der Waals surface area contributed by atoms with E-state index in [-0.39, 0.29) is 24.8 Å². The van der Waals surface area contributed by atoms with Crippen LogP contribution in [0.3, 0.4) is 0 Å². The van der Waals surface area contributed by atoms with E-state index in [1.165, 1.54) is 6.92 Å². The van der Waals surface area contributed by atoms with E-state index in [1.54, 1.807) is 38.1 Å². The number of carbonyl (C=O) groups excluding carboxylic acids is 3. The Kier molecular flexibility index (Phi) is 10.2. The third-order valence-electron chi connectivity index (χ3n) is 4.58. The van der Waals surface area contributed by atoms with Gasteiger partial charge in [-0.2, -0.15) is 0 Å². The zero-order chi connectivity index (χ0) is 22.1. The van der Waals surface area contributed by atoms with Crippen molar-refractivity contribution in [2.45, 2.75) is 51.3 Å². The number of rotatable bonds is 11. The Morgan fingerprint density at radius 1 is 1.07 bits per heavy atom. The molecule has 0 aromatic heterocycles. The van der Waals surface area contributed by atoms with Crippen LogP contribution in [0, 0.1) is 5.92 Å². The van der Waals surface area contributed by atoms with Crippen LogP contribution in [-0.4, -0.2) is 54.0 Å². The Balaban J connectivity index is 3.01. The average molecular weight is 427 g/mol. The summed E-state index contributed by atoms with van der Waals surface area (Å²) < 4.78 is 0. The SMILES string of the molecule is CC(C)C(=O)[C@H](CN)NC(=O)[C@@H](NC(=O)C(CCN)c1ccccc1Cl)C(C)O. The summed E-state index contributed by atoms with van der Waals surface area (Å²) in [6, 6.07) is 4.71. The quantitative estimate of drug-likeness (QED) is 0.344. The molecule has 0 bridgehead atoms. The normalized spacial score (nSPS) is 15.3. The molecule has 0 aliphatic heterocycles. The standard InChI is InChI=1S/C20H31ClN4O4/c1-11(2)18(27)16(10-23)24-20(29)17(12(3)26)25-19(28)14(8-9-22)13-6-4-5-7-15(13)21/h4-7,11-12,14,16-17,26H,8-10,22-23H2,1-3H3,(H,24,29)(H,25,28)/t12?,14?,16-,17-/m0/s1. The van der Waals surface area contributed by atoms with Crippen molar-refractivity contribution < 1.29 is 19.5 Å². The molecule has 0 aliphatic carbocycles. The Bertz CT molecular complexity index is 711. The highest BCUT2D eigenvalue weighted by Crippen LogP contribution is 2.27. The van der Waals surface area contributed by atoms with Gasteiger partial charge in [-0.3, -0.25) is 14.4 Å². The maximum Gasteiger partial charge on any atom is 0.245 e. The number of nitrogens with two attached hydrogens (primary N) is 2. The van der Waals surface area contributed by atoms with E-state index >= 15 is 0 Å². The van der Waals surface area contributed by atoms with Crippen molar-refractivity contribution in [2.75, 3.05) is 13.1 Å². The molecule has 1 aromatic rings. The van der Waals surface area contributed by atoms with Crippen LogP contribution in [0.25, 0.3) is 0 Å². The molecule has 0 heterocycles. The minimum atomic E-state index is -1.26. The van der Waals surface area contributed by atoms with E-state index in [0.29, 0.717) is 17.0 Å². The summed E-state index contributed by atoms with van der Waals surface area (Å²) in [6.07, 6.45) is -0.891. The number of carbonyl (C=O) groups is 3. The van der Waals surface area contributed by atoms with Crippen LogP contribution in [-0.2, 0) is 14.4 Å². The van der Waals surface area contributed by atoms with Crippen molar-refractivity contribution >= 4 is 29.2 Å². The van der Waals surface area contributed by atoms with Gasteiger partial charge in [0, 0.05) is 17.5 Å². The maximum atomic E-state index is 12.9. The van der Waals surface area contributed by atoms with Gasteiger partial charge in [0.15, 0.2) is 5.78 Å². The van der Waals surface area contributed by atoms with Gasteiger partial charge in [-0.25, -0.2) is 0 Å². The number of hydrogen-bond acceptors (Lipinski definition) is 6. The molecule has 0 fully saturated rings. The fourth-order valence-corrected chi connectivity index (χ4v) is 3.19. The summed E-state index contributed by atoms with van der Waals surface area (Å²) in [5, 5.41) is 15.5. The highest BCUT2D eigenvalue weighted by atomic mass is 35.5. The topological polar surface area (TPSA) is 148 Å². The van der Waals surface area contributed by atoms with E-state index in [4.69, 9.17) is 23.1 Å². The first-order valence-corrected chi connectivity index (χ1v) is 9.98. The zero-order valence-electron chi connectivity index (χ0n) is 17.0. The minimum absolute atomic E-state index is 0.0847. The van der Waals surface area contributed by atoms with Gasteiger partial charge >= 0.3 is 0 Å². The van der Waals surface area contributed by atoms with Gasteiger partial charge in [0.05, 0.1) is 18.1 Å². The molecule has 0 radical (unpaired) electrons. The molecule has 1 rings (SSSR count). The molecular weight excluding hydrogens is 396 g/mol. The van der Waals surface area contributed by atoms with E-state index < -0.39 is 35.9 Å². The fraction of sp³-hybridized carbons (Fsp3) is 0.550. The number of halogens is 1. The molecule has 162 valence electrons. The van der Waals surface area contributed by atoms with Crippen molar-refractivity contribution in [1.82, 2.24) is 10.6 Å². The molecule has 0 saturated heterocycles. The van der Waals surface area contributed by atoms with E-state index in [9.17, 15) is 19.5 Å². The molecule has 1 aromatic carbocycles. The van der Waals surface area contributed by atoms with Gasteiger partial charge in [0.1, 0.15) is 6.04 Å². The Hall–Kier alpha value is -2.00. The van der Waals surface area contributed by atoms with Crippen LogP contribution < -0.4 is 22.1 Å². The first-order valence-electron chi connectivity index (χ1n) is 9.61. The number of hydrogen-bond donors (Lipinski definition) is 5. The van der Waals surface area contributed by atoms with Crippen molar-refractivity contribution in [1.29, 1.82) is 0 Å². The van der Waals surface area contributed by atoms with Crippen LogP contribution in [0.1, 0.15) is 38.7 Å². The molecule has 2 amide bonds. The Morgan fingerprint density at radius 2 is 1.69 bits per heavy atom. The molecular formula is C20H31ClN4O4. The first kappa shape index (κ1) is 25.0. The first-order chi connectivity index (χ1) is 13.6. The highest BCUT2D eigenvalue weighted by Gasteiger charge is 2.32. The van der Waals surface area contributed by atoms with E-state index in [1.807, 2.05) is 0 Å². The smallest absolute Gasteiger partial charge is 0.245 e. The highest BCUT2D eigenvalue weighted by molar-refractivity contribution is 6.31. The summed E-state index contributed by atoms with van der Waals surface area (Å²) in [6.45, 7) is 4.92. The lowest BCUT2D eigenvalue weighted by molar-refractivity contribution is -0.134. The second kappa shape index (κ2) is 11.9. The molecule has 8 nitrogen and oxygen atoms in total. The van der Waals surface area contributed by atoms with Crippen LogP contribution in [0.15, 0.2) is 24.3 Å². The molecule has 29 heavy (non-hydrogen) atoms. The lowest BCUT2D eigenvalue weighted by Crippen LogP contribution is -2.58. The van der Waals surface area contributed by atoms with Crippen molar-refractivity contribution in [3.8, 4) is 0 Å². The second-order valence-electron chi connectivity index (χ2n) is 7.23. The van der Waals surface area contributed by atoms with Gasteiger partial charge in [-0.05, 0) is 31.5 Å². The van der Waals surface area contributed by atoms with Crippen LogP contribution in [0.5, 0.6) is 0 Å². The van der Waals surface area contributed by atoms with Crippen LogP contribution in [0.2, 0.25) is 5.02 Å². The minimum Gasteiger partial charge on any atom is -0.391 e. The largest absolute Gasteiger partial charge is 0.391 e. The fourth-order valence-electron chi connectivity index (χ4n) is 2.92. The molecule has 4 atom stereocenters. The number of aliphatic hydroxyl groups excluding tert-OH is 1. The summed E-state index contributed by atoms with van der Waals surface area (Å²) in [4.78, 5) is 37.7. The van der Waals surface area contributed by atoms with Gasteiger partial charge < -0.3 is 27.2 Å². The Morgan fingerprint density at radius 3 is 2.17 bits per heavy atom. The lowest BCUT2D eigenvalue weighted by atomic mass is 9.94. The van der Waals surface area contributed by atoms with Gasteiger partial charge in [0.25, 0.3) is 0 Å². The van der Waals surface area contributed by atoms with Crippen LogP contribution >= 0.6 is 11.6 Å². The summed E-state index contributed by atoms with van der Waals surface area (Å²) in [5.74, 6) is -2.43. The third-order valence-corrected chi connectivity index (χ3v) is 4.92. The van der Waals surface area contributed by atoms with Gasteiger partial charge in [-0.15, -0.1) is 0 Å². The van der Waals surface area contributed by atoms with E-state index in [2.05, 4.69) is 10.6 Å². The average Bonchev–Trinajstić information content (AvgIpc) is 2.67. The lowest BCUT2D eigenvalue weighted by Gasteiger charge is -2.26. The third kappa shape index (κ3) is 7.08. The molecule has 9 heteroatoms. The zero-order valence-corrected chi connectivity index (χ0v) is 17.8. The van der Waals surface area contributed by atoms with Gasteiger partial charge in [-0.1, -0.05) is 43.6 Å². The summed E-state index contributed by atoms with van der Waals surface area (Å²) >= 11 is 6.21. The predicted molar refractivity (Wildman–Crippen MR) is 112 cm³/mol. The molecule has 7 N–H and O–H groups in total. The maximum absolute atomic E-state index is 12.9. The van der Waals surface area contributed by atoms with Crippen molar-refractivity contribution in [2.24, 2.45) is 17.4 Å². The number of aliphatic hydroxyl groups is 1. The van der Waals surface area contributed by atoms with Crippen LogP contribution in [0.4, 0.5) is 0 Å². The number of benzene rings is 1. The number of Topliss-reactive ketones (excluding diaryl/α,β-unsaturated/α-hetero) is 1. The summed E-state index contributed by atoms with van der Waals surface area (Å²) in [7, 11) is 0. The Labute approximate surface area is 176 Å². The molecule has 0 aliphatic rings. The number of ketones is 1. The monoisotopic (exact) mass is 426 g/mol. The predicted octanol–water partition coefficient (Wildman–Crippen LogP) is 0.307. The number of nitrogens with one attached hydrogen (secondary N) is 2. The second-order valence-corrected chi connectivity index (χ2v) is 7.64. The molecule has 0 saturated carbocycles.